The summed E-state index contributed by atoms with van der Waals surface area (Å²) < 4.78 is 20.3. The second-order valence-corrected chi connectivity index (χ2v) is 5.87. The fourth-order valence-electron chi connectivity index (χ4n) is 2.57. The minimum Gasteiger partial charge on any atom is -0.497 e. The summed E-state index contributed by atoms with van der Waals surface area (Å²) in [7, 11) is 4.32. The molecule has 1 amide bonds. The van der Waals surface area contributed by atoms with Crippen LogP contribution in [0.2, 0.25) is 0 Å². The summed E-state index contributed by atoms with van der Waals surface area (Å²) in [6.07, 6.45) is -0.606. The number of esters is 1. The zero-order chi connectivity index (χ0) is 20.8. The van der Waals surface area contributed by atoms with Crippen LogP contribution in [0.3, 0.4) is 0 Å². The lowest BCUT2D eigenvalue weighted by Gasteiger charge is -2.18. The lowest BCUT2D eigenvalue weighted by atomic mass is 10.1. The Kier molecular flexibility index (Phi) is 6.08. The summed E-state index contributed by atoms with van der Waals surface area (Å²) in [4.78, 5) is 29.7. The molecule has 0 aliphatic carbocycles. The van der Waals surface area contributed by atoms with Crippen LogP contribution in [0.5, 0.6) is 5.75 Å². The number of ether oxygens (including phenoxy) is 3. The average Bonchev–Trinajstić information content (AvgIpc) is 3.25. The third kappa shape index (κ3) is 4.52. The van der Waals surface area contributed by atoms with Crippen LogP contribution in [-0.4, -0.2) is 43.5 Å². The van der Waals surface area contributed by atoms with E-state index in [0.29, 0.717) is 22.8 Å². The van der Waals surface area contributed by atoms with E-state index >= 15 is 0 Å². The number of methoxy groups -OCH3 is 2. The number of carbonyl (C=O) groups excluding carboxylic acids is 2. The molecule has 9 heteroatoms. The number of benzene rings is 2. The van der Waals surface area contributed by atoms with Crippen molar-refractivity contribution in [2.45, 2.75) is 6.61 Å². The maximum Gasteiger partial charge on any atom is 0.413 e. The molecule has 2 aromatic carbocycles. The molecule has 0 fully saturated rings. The molecule has 0 saturated heterocycles. The third-order valence-corrected chi connectivity index (χ3v) is 4.06. The number of nitrogens with zero attached hydrogens (tertiary/aromatic N) is 3. The Morgan fingerprint density at radius 1 is 1.10 bits per heavy atom. The molecule has 0 N–H and O–H groups in total. The van der Waals surface area contributed by atoms with Gasteiger partial charge in [-0.3, -0.25) is 4.90 Å². The van der Waals surface area contributed by atoms with Gasteiger partial charge < -0.3 is 18.7 Å². The van der Waals surface area contributed by atoms with E-state index in [1.54, 1.807) is 49.6 Å². The Morgan fingerprint density at radius 2 is 1.90 bits per heavy atom. The zero-order valence-electron chi connectivity index (χ0n) is 16.1. The third-order valence-electron chi connectivity index (χ3n) is 4.06. The van der Waals surface area contributed by atoms with Crippen molar-refractivity contribution in [3.05, 3.63) is 60.0 Å². The van der Waals surface area contributed by atoms with Gasteiger partial charge in [-0.05, 0) is 24.3 Å². The number of amides is 1. The van der Waals surface area contributed by atoms with Crippen LogP contribution in [0.15, 0.2) is 53.1 Å². The largest absolute Gasteiger partial charge is 0.497 e. The lowest BCUT2D eigenvalue weighted by molar-refractivity contribution is 0.0430. The van der Waals surface area contributed by atoms with Gasteiger partial charge in [0.15, 0.2) is 6.61 Å². The van der Waals surface area contributed by atoms with E-state index in [1.807, 2.05) is 6.07 Å². The molecular formula is C20H19N3O6. The van der Waals surface area contributed by atoms with Gasteiger partial charge in [0.1, 0.15) is 5.75 Å². The number of anilines is 1. The summed E-state index contributed by atoms with van der Waals surface area (Å²) in [5.74, 6) is 0.500. The highest BCUT2D eigenvalue weighted by Gasteiger charge is 2.20. The summed E-state index contributed by atoms with van der Waals surface area (Å²) in [6, 6.07) is 13.7. The molecule has 0 aliphatic rings. The normalized spacial score (nSPS) is 10.3. The van der Waals surface area contributed by atoms with E-state index in [0.717, 1.165) is 0 Å². The van der Waals surface area contributed by atoms with Crippen molar-refractivity contribution < 1.29 is 28.3 Å². The molecular weight excluding hydrogens is 378 g/mol. The van der Waals surface area contributed by atoms with Crippen LogP contribution in [0, 0.1) is 0 Å². The van der Waals surface area contributed by atoms with E-state index < -0.39 is 12.1 Å². The highest BCUT2D eigenvalue weighted by atomic mass is 16.6. The first-order valence-electron chi connectivity index (χ1n) is 8.58. The van der Waals surface area contributed by atoms with E-state index in [1.165, 1.54) is 19.1 Å². The van der Waals surface area contributed by atoms with Crippen molar-refractivity contribution in [1.82, 2.24) is 10.1 Å². The van der Waals surface area contributed by atoms with Crippen molar-refractivity contribution in [3.8, 4) is 17.1 Å². The van der Waals surface area contributed by atoms with Crippen LogP contribution >= 0.6 is 0 Å². The molecule has 0 radical (unpaired) electrons. The second-order valence-electron chi connectivity index (χ2n) is 5.87. The average molecular weight is 397 g/mol. The van der Waals surface area contributed by atoms with Crippen LogP contribution in [0.4, 0.5) is 10.5 Å². The standard InChI is InChI=1S/C20H19N3O6/c1-23(20(25)27-3)16-10-5-4-9-15(16)19(24)28-12-17-21-18(22-29-17)13-7-6-8-14(11-13)26-2/h4-11H,12H2,1-3H3. The molecule has 150 valence electrons. The first-order chi connectivity index (χ1) is 14.0. The fraction of sp³-hybridized carbons (Fsp3) is 0.200. The van der Waals surface area contributed by atoms with E-state index in [9.17, 15) is 9.59 Å². The van der Waals surface area contributed by atoms with Crippen LogP contribution < -0.4 is 9.64 Å². The number of rotatable bonds is 6. The lowest BCUT2D eigenvalue weighted by Crippen LogP contribution is -2.27. The predicted octanol–water partition coefficient (Wildman–Crippen LogP) is 3.30. The number of hydrogen-bond acceptors (Lipinski definition) is 8. The molecule has 3 aromatic rings. The summed E-state index contributed by atoms with van der Waals surface area (Å²) in [5, 5.41) is 3.89. The maximum atomic E-state index is 12.5. The van der Waals surface area contributed by atoms with E-state index in [4.69, 9.17) is 14.0 Å². The second kappa shape index (κ2) is 8.87. The molecule has 0 unspecified atom stereocenters. The molecule has 0 spiro atoms. The van der Waals surface area contributed by atoms with Gasteiger partial charge in [-0.15, -0.1) is 0 Å². The minimum absolute atomic E-state index is 0.134. The Bertz CT molecular complexity index is 1020. The Morgan fingerprint density at radius 3 is 2.66 bits per heavy atom. The first kappa shape index (κ1) is 19.9. The van der Waals surface area contributed by atoms with Crippen molar-refractivity contribution in [3.63, 3.8) is 0 Å². The van der Waals surface area contributed by atoms with Crippen LogP contribution in [0.1, 0.15) is 16.2 Å². The van der Waals surface area contributed by atoms with Gasteiger partial charge in [0.05, 0.1) is 25.5 Å². The SMILES string of the molecule is COC(=O)N(C)c1ccccc1C(=O)OCc1nc(-c2cccc(OC)c2)no1. The first-order valence-corrected chi connectivity index (χ1v) is 8.58. The highest BCUT2D eigenvalue weighted by molar-refractivity contribution is 6.00. The zero-order valence-corrected chi connectivity index (χ0v) is 16.1. The number of carbonyl (C=O) groups is 2. The molecule has 1 aromatic heterocycles. The Labute approximate surface area is 166 Å². The van der Waals surface area contributed by atoms with Gasteiger partial charge in [-0.2, -0.15) is 4.98 Å². The minimum atomic E-state index is -0.641. The summed E-state index contributed by atoms with van der Waals surface area (Å²) in [5.41, 5.74) is 1.26. The molecule has 0 bridgehead atoms. The van der Waals surface area contributed by atoms with Crippen LogP contribution in [0.25, 0.3) is 11.4 Å². The van der Waals surface area contributed by atoms with Gasteiger partial charge in [0.2, 0.25) is 5.82 Å². The molecule has 0 saturated carbocycles. The van der Waals surface area contributed by atoms with Crippen molar-refractivity contribution >= 4 is 17.7 Å². The van der Waals surface area contributed by atoms with Crippen molar-refractivity contribution in [2.75, 3.05) is 26.2 Å². The van der Waals surface area contributed by atoms with Gasteiger partial charge in [-0.25, -0.2) is 9.59 Å². The van der Waals surface area contributed by atoms with Crippen molar-refractivity contribution in [2.24, 2.45) is 0 Å². The molecule has 0 atom stereocenters. The van der Waals surface area contributed by atoms with Gasteiger partial charge in [-0.1, -0.05) is 29.4 Å². The topological polar surface area (TPSA) is 104 Å². The number of hydrogen-bond donors (Lipinski definition) is 0. The fourth-order valence-corrected chi connectivity index (χ4v) is 2.57. The highest BCUT2D eigenvalue weighted by Crippen LogP contribution is 2.23. The monoisotopic (exact) mass is 397 g/mol. The molecule has 29 heavy (non-hydrogen) atoms. The predicted molar refractivity (Wildman–Crippen MR) is 103 cm³/mol. The maximum absolute atomic E-state index is 12.5. The number of para-hydroxylation sites is 1. The summed E-state index contributed by atoms with van der Waals surface area (Å²) in [6.45, 7) is -0.216. The van der Waals surface area contributed by atoms with E-state index in [2.05, 4.69) is 14.9 Å². The van der Waals surface area contributed by atoms with Gasteiger partial charge in [0, 0.05) is 12.6 Å². The molecule has 3 rings (SSSR count). The number of aromatic nitrogens is 2. The molecule has 0 aliphatic heterocycles. The molecule has 1 heterocycles. The van der Waals surface area contributed by atoms with Gasteiger partial charge >= 0.3 is 12.1 Å². The quantitative estimate of drug-likeness (QED) is 0.584. The van der Waals surface area contributed by atoms with E-state index in [-0.39, 0.29) is 18.1 Å². The Balaban J connectivity index is 1.71. The molecule has 9 nitrogen and oxygen atoms in total. The summed E-state index contributed by atoms with van der Waals surface area (Å²) >= 11 is 0. The smallest absolute Gasteiger partial charge is 0.413 e. The Hall–Kier alpha value is -3.88. The van der Waals surface area contributed by atoms with Crippen LogP contribution in [-0.2, 0) is 16.1 Å². The van der Waals surface area contributed by atoms with Crippen molar-refractivity contribution in [1.29, 1.82) is 0 Å². The van der Waals surface area contributed by atoms with Gasteiger partial charge in [0.25, 0.3) is 5.89 Å².